The maximum absolute atomic E-state index is 12.1. The summed E-state index contributed by atoms with van der Waals surface area (Å²) in [6.45, 7) is 11.6. The molecule has 0 bridgehead atoms. The van der Waals surface area contributed by atoms with Crippen LogP contribution in [0.5, 0.6) is 11.5 Å². The summed E-state index contributed by atoms with van der Waals surface area (Å²) < 4.78 is 11.8. The number of carbonyl (C=O) groups is 1. The van der Waals surface area contributed by atoms with Gasteiger partial charge in [-0.1, -0.05) is 13.8 Å². The largest absolute Gasteiger partial charge is 0.494 e. The Morgan fingerprint density at radius 1 is 1.32 bits per heavy atom. The lowest BCUT2D eigenvalue weighted by atomic mass is 10.1. The lowest BCUT2D eigenvalue weighted by Gasteiger charge is -2.23. The maximum Gasteiger partial charge on any atom is 0.234 e. The van der Waals surface area contributed by atoms with Gasteiger partial charge in [-0.25, -0.2) is 0 Å². The highest BCUT2D eigenvalue weighted by Gasteiger charge is 2.23. The van der Waals surface area contributed by atoms with Crippen molar-refractivity contribution in [2.24, 2.45) is 0 Å². The monoisotopic (exact) mass is 348 g/mol. The van der Waals surface area contributed by atoms with Gasteiger partial charge in [0.05, 0.1) is 13.2 Å². The second kappa shape index (κ2) is 9.66. The van der Waals surface area contributed by atoms with Crippen molar-refractivity contribution in [1.29, 1.82) is 0 Å². The van der Waals surface area contributed by atoms with Crippen molar-refractivity contribution in [3.8, 4) is 11.5 Å². The van der Waals surface area contributed by atoms with E-state index in [9.17, 15) is 4.79 Å². The van der Waals surface area contributed by atoms with Crippen LogP contribution in [0, 0.1) is 0 Å². The molecule has 0 saturated carbocycles. The molecule has 0 saturated heterocycles. The van der Waals surface area contributed by atoms with Crippen LogP contribution in [0.1, 0.15) is 51.7 Å². The fourth-order valence-corrected chi connectivity index (χ4v) is 3.19. The van der Waals surface area contributed by atoms with E-state index in [1.807, 2.05) is 6.92 Å². The van der Waals surface area contributed by atoms with Crippen molar-refractivity contribution in [2.75, 3.05) is 26.2 Å². The van der Waals surface area contributed by atoms with Crippen LogP contribution in [0.3, 0.4) is 0 Å². The van der Waals surface area contributed by atoms with Crippen molar-refractivity contribution < 1.29 is 14.3 Å². The normalized spacial score (nSPS) is 15.8. The van der Waals surface area contributed by atoms with Gasteiger partial charge in [0.2, 0.25) is 5.91 Å². The number of fused-ring (bicyclic) bond motifs is 1. The SMILES string of the molecule is CCCNC(=O)CN(CCC)Cc1cc2c(cc1OCC)CC(C)O2. The number of hydrogen-bond donors (Lipinski definition) is 1. The first-order valence-electron chi connectivity index (χ1n) is 9.51. The lowest BCUT2D eigenvalue weighted by molar-refractivity contribution is -0.122. The van der Waals surface area contributed by atoms with E-state index in [4.69, 9.17) is 9.47 Å². The molecule has 0 spiro atoms. The lowest BCUT2D eigenvalue weighted by Crippen LogP contribution is -2.37. The Kier molecular flexibility index (Phi) is 7.56. The quantitative estimate of drug-likeness (QED) is 0.706. The molecule has 1 aliphatic heterocycles. The molecule has 1 aromatic carbocycles. The van der Waals surface area contributed by atoms with E-state index in [2.05, 4.69) is 43.1 Å². The third-order valence-electron chi connectivity index (χ3n) is 4.25. The van der Waals surface area contributed by atoms with Gasteiger partial charge < -0.3 is 14.8 Å². The van der Waals surface area contributed by atoms with Gasteiger partial charge in [0.1, 0.15) is 17.6 Å². The van der Waals surface area contributed by atoms with E-state index in [0.29, 0.717) is 19.7 Å². The number of rotatable bonds is 10. The van der Waals surface area contributed by atoms with Gasteiger partial charge >= 0.3 is 0 Å². The van der Waals surface area contributed by atoms with Crippen molar-refractivity contribution in [2.45, 2.75) is 59.6 Å². The summed E-state index contributed by atoms with van der Waals surface area (Å²) in [4.78, 5) is 14.3. The first-order valence-corrected chi connectivity index (χ1v) is 9.51. The van der Waals surface area contributed by atoms with Crippen LogP contribution in [0.2, 0.25) is 0 Å². The van der Waals surface area contributed by atoms with Gasteiger partial charge in [0.25, 0.3) is 0 Å². The predicted octanol–water partition coefficient (Wildman–Crippen LogP) is 3.15. The molecule has 2 rings (SSSR count). The molecule has 5 heteroatoms. The predicted molar refractivity (Wildman–Crippen MR) is 100 cm³/mol. The number of ether oxygens (including phenoxy) is 2. The van der Waals surface area contributed by atoms with E-state index in [1.54, 1.807) is 0 Å². The summed E-state index contributed by atoms with van der Waals surface area (Å²) in [6.07, 6.45) is 3.09. The van der Waals surface area contributed by atoms with Crippen LogP contribution in [0.25, 0.3) is 0 Å². The highest BCUT2D eigenvalue weighted by molar-refractivity contribution is 5.78. The van der Waals surface area contributed by atoms with Gasteiger partial charge in [0, 0.05) is 30.6 Å². The number of hydrogen-bond acceptors (Lipinski definition) is 4. The molecule has 140 valence electrons. The number of nitrogens with zero attached hydrogens (tertiary/aromatic N) is 1. The molecule has 1 aliphatic rings. The van der Waals surface area contributed by atoms with Crippen LogP contribution < -0.4 is 14.8 Å². The maximum atomic E-state index is 12.1. The average molecular weight is 348 g/mol. The Labute approximate surface area is 151 Å². The Morgan fingerprint density at radius 2 is 2.12 bits per heavy atom. The van der Waals surface area contributed by atoms with Gasteiger partial charge in [0.15, 0.2) is 0 Å². The summed E-state index contributed by atoms with van der Waals surface area (Å²) in [6, 6.07) is 4.20. The van der Waals surface area contributed by atoms with Crippen LogP contribution >= 0.6 is 0 Å². The first-order chi connectivity index (χ1) is 12.1. The molecule has 25 heavy (non-hydrogen) atoms. The molecule has 1 N–H and O–H groups in total. The fraction of sp³-hybridized carbons (Fsp3) is 0.650. The fourth-order valence-electron chi connectivity index (χ4n) is 3.19. The molecule has 1 unspecified atom stereocenters. The van der Waals surface area contributed by atoms with Crippen molar-refractivity contribution >= 4 is 5.91 Å². The highest BCUT2D eigenvalue weighted by Crippen LogP contribution is 2.35. The van der Waals surface area contributed by atoms with Crippen LogP contribution in [-0.4, -0.2) is 43.2 Å². The minimum atomic E-state index is 0.0827. The van der Waals surface area contributed by atoms with Crippen LogP contribution in [0.15, 0.2) is 12.1 Å². The van der Waals surface area contributed by atoms with Gasteiger partial charge in [-0.3, -0.25) is 9.69 Å². The molecule has 0 aliphatic carbocycles. The van der Waals surface area contributed by atoms with E-state index in [1.165, 1.54) is 5.56 Å². The molecule has 1 heterocycles. The zero-order chi connectivity index (χ0) is 18.2. The summed E-state index contributed by atoms with van der Waals surface area (Å²) in [5.41, 5.74) is 2.30. The van der Waals surface area contributed by atoms with Crippen molar-refractivity contribution in [1.82, 2.24) is 10.2 Å². The molecule has 1 amide bonds. The van der Waals surface area contributed by atoms with E-state index < -0.39 is 0 Å². The zero-order valence-corrected chi connectivity index (χ0v) is 16.1. The molecule has 1 atom stereocenters. The van der Waals surface area contributed by atoms with Gasteiger partial charge in [-0.2, -0.15) is 0 Å². The third kappa shape index (κ3) is 5.63. The van der Waals surface area contributed by atoms with Gasteiger partial charge in [-0.15, -0.1) is 0 Å². The molecule has 1 aromatic rings. The molecular formula is C20H32N2O3. The molecule has 0 aromatic heterocycles. The molecule has 0 radical (unpaired) electrons. The van der Waals surface area contributed by atoms with Gasteiger partial charge in [-0.05, 0) is 45.4 Å². The average Bonchev–Trinajstić information content (AvgIpc) is 2.92. The molecule has 5 nitrogen and oxygen atoms in total. The summed E-state index contributed by atoms with van der Waals surface area (Å²) in [7, 11) is 0. The third-order valence-corrected chi connectivity index (χ3v) is 4.25. The first kappa shape index (κ1) is 19.6. The summed E-state index contributed by atoms with van der Waals surface area (Å²) in [5, 5.41) is 2.96. The molecular weight excluding hydrogens is 316 g/mol. The van der Waals surface area contributed by atoms with Crippen LogP contribution in [0.4, 0.5) is 0 Å². The van der Waals surface area contributed by atoms with Crippen molar-refractivity contribution in [3.63, 3.8) is 0 Å². The van der Waals surface area contributed by atoms with E-state index in [0.717, 1.165) is 49.4 Å². The Balaban J connectivity index is 2.14. The minimum Gasteiger partial charge on any atom is -0.494 e. The van der Waals surface area contributed by atoms with Crippen LogP contribution in [-0.2, 0) is 17.8 Å². The number of benzene rings is 1. The second-order valence-electron chi connectivity index (χ2n) is 6.69. The topological polar surface area (TPSA) is 50.8 Å². The summed E-state index contributed by atoms with van der Waals surface area (Å²) in [5.74, 6) is 1.95. The van der Waals surface area contributed by atoms with E-state index in [-0.39, 0.29) is 12.0 Å². The van der Waals surface area contributed by atoms with E-state index >= 15 is 0 Å². The highest BCUT2D eigenvalue weighted by atomic mass is 16.5. The number of carbonyl (C=O) groups excluding carboxylic acids is 1. The zero-order valence-electron chi connectivity index (χ0n) is 16.1. The Bertz CT molecular complexity index is 574. The number of nitrogens with one attached hydrogen (secondary N) is 1. The number of amides is 1. The standard InChI is InChI=1S/C20H32N2O3/c1-5-8-21-20(23)14-22(9-6-2)13-17-12-19-16(10-15(4)25-19)11-18(17)24-7-3/h11-12,15H,5-10,13-14H2,1-4H3,(H,21,23). The second-order valence-corrected chi connectivity index (χ2v) is 6.69. The Hall–Kier alpha value is -1.75. The minimum absolute atomic E-state index is 0.0827. The van der Waals surface area contributed by atoms with Crippen molar-refractivity contribution in [3.05, 3.63) is 23.3 Å². The Morgan fingerprint density at radius 3 is 2.80 bits per heavy atom. The summed E-state index contributed by atoms with van der Waals surface area (Å²) >= 11 is 0. The molecule has 0 fully saturated rings. The smallest absolute Gasteiger partial charge is 0.234 e.